The van der Waals surface area contributed by atoms with Crippen molar-refractivity contribution in [1.29, 1.82) is 0 Å². The summed E-state index contributed by atoms with van der Waals surface area (Å²) >= 11 is 1.16. The van der Waals surface area contributed by atoms with Gasteiger partial charge in [0.2, 0.25) is 11.8 Å². The Morgan fingerprint density at radius 3 is 2.62 bits per heavy atom. The monoisotopic (exact) mass is 426 g/mol. The van der Waals surface area contributed by atoms with Gasteiger partial charge in [-0.25, -0.2) is 9.59 Å². The fraction of sp³-hybridized carbons (Fsp3) is 0.444. The molecule has 1 aliphatic heterocycles. The van der Waals surface area contributed by atoms with Gasteiger partial charge in [-0.1, -0.05) is 0 Å². The highest BCUT2D eigenvalue weighted by atomic mass is 32.2. The zero-order chi connectivity index (χ0) is 21.7. The summed E-state index contributed by atoms with van der Waals surface area (Å²) < 4.78 is 9.88. The van der Waals surface area contributed by atoms with Gasteiger partial charge in [0.05, 0.1) is 12.7 Å². The average molecular weight is 426 g/mol. The van der Waals surface area contributed by atoms with Crippen LogP contribution in [0.25, 0.3) is 0 Å². The van der Waals surface area contributed by atoms with Crippen LogP contribution >= 0.6 is 11.8 Å². The van der Waals surface area contributed by atoms with Crippen molar-refractivity contribution in [3.8, 4) is 11.5 Å². The molecular weight excluding hydrogens is 404 g/mol. The zero-order valence-corrected chi connectivity index (χ0v) is 16.9. The number of cyclic esters (lactones) is 1. The number of rotatable bonds is 2. The highest BCUT2D eigenvalue weighted by Gasteiger charge is 2.30. The SMILES string of the molecule is COC(=O)[C@@H]1CSCc2c(O)cc(O)c(C)c2C(=O)OC[C@@H](NC(C)=O)C(=O)N1. The number of phenolic OH excluding ortho intramolecular Hbond substituents is 2. The molecule has 10 nitrogen and oxygen atoms in total. The maximum absolute atomic E-state index is 12.6. The number of hydrogen-bond donors (Lipinski definition) is 4. The number of hydrogen-bond acceptors (Lipinski definition) is 9. The maximum atomic E-state index is 12.6. The number of carbonyl (C=O) groups excluding carboxylic acids is 4. The van der Waals surface area contributed by atoms with Crippen LogP contribution in [0.2, 0.25) is 0 Å². The zero-order valence-electron chi connectivity index (χ0n) is 16.1. The quantitative estimate of drug-likeness (QED) is 0.478. The summed E-state index contributed by atoms with van der Waals surface area (Å²) in [6, 6.07) is -1.15. The Kier molecular flexibility index (Phi) is 7.32. The molecule has 0 spiro atoms. The number of ether oxygens (including phenoxy) is 2. The first-order valence-electron chi connectivity index (χ1n) is 8.60. The van der Waals surface area contributed by atoms with Crippen LogP contribution in [0.15, 0.2) is 6.07 Å². The summed E-state index contributed by atoms with van der Waals surface area (Å²) in [6.07, 6.45) is 0. The number of aromatic hydroxyl groups is 2. The predicted octanol–water partition coefficient (Wildman–Crippen LogP) is -0.0277. The minimum absolute atomic E-state index is 0.0350. The summed E-state index contributed by atoms with van der Waals surface area (Å²) in [5.41, 5.74) is 0.388. The minimum atomic E-state index is -1.25. The molecule has 4 N–H and O–H groups in total. The maximum Gasteiger partial charge on any atom is 0.339 e. The molecule has 11 heteroatoms. The van der Waals surface area contributed by atoms with Crippen molar-refractivity contribution in [3.63, 3.8) is 0 Å². The Morgan fingerprint density at radius 1 is 1.31 bits per heavy atom. The molecule has 0 unspecified atom stereocenters. The second-order valence-corrected chi connectivity index (χ2v) is 7.37. The van der Waals surface area contributed by atoms with Crippen molar-refractivity contribution >= 4 is 35.5 Å². The topological polar surface area (TPSA) is 151 Å². The van der Waals surface area contributed by atoms with Crippen LogP contribution in [-0.2, 0) is 29.6 Å². The van der Waals surface area contributed by atoms with E-state index in [1.807, 2.05) is 0 Å². The fourth-order valence-electron chi connectivity index (χ4n) is 2.75. The van der Waals surface area contributed by atoms with Crippen molar-refractivity contribution in [2.75, 3.05) is 19.5 Å². The van der Waals surface area contributed by atoms with E-state index in [1.54, 1.807) is 0 Å². The van der Waals surface area contributed by atoms with Gasteiger partial charge in [0.25, 0.3) is 0 Å². The molecule has 2 atom stereocenters. The molecule has 0 aliphatic carbocycles. The molecule has 2 amide bonds. The van der Waals surface area contributed by atoms with Gasteiger partial charge >= 0.3 is 11.9 Å². The van der Waals surface area contributed by atoms with E-state index in [4.69, 9.17) is 9.47 Å². The van der Waals surface area contributed by atoms with Crippen LogP contribution in [0.3, 0.4) is 0 Å². The smallest absolute Gasteiger partial charge is 0.339 e. The summed E-state index contributed by atoms with van der Waals surface area (Å²) in [7, 11) is 1.18. The minimum Gasteiger partial charge on any atom is -0.508 e. The number of methoxy groups -OCH3 is 1. The van der Waals surface area contributed by atoms with Crippen LogP contribution in [-0.4, -0.2) is 65.5 Å². The van der Waals surface area contributed by atoms with E-state index in [1.165, 1.54) is 21.0 Å². The predicted molar refractivity (Wildman–Crippen MR) is 103 cm³/mol. The van der Waals surface area contributed by atoms with Crippen LogP contribution in [0, 0.1) is 6.92 Å². The number of carbonyl (C=O) groups is 4. The number of fused-ring (bicyclic) bond motifs is 1. The van der Waals surface area contributed by atoms with Gasteiger partial charge in [0.15, 0.2) is 0 Å². The number of thioether (sulfide) groups is 1. The molecular formula is C18H22N2O8S. The van der Waals surface area contributed by atoms with Crippen LogP contribution in [0.1, 0.15) is 28.4 Å². The Hall–Kier alpha value is -2.95. The van der Waals surface area contributed by atoms with E-state index >= 15 is 0 Å². The van der Waals surface area contributed by atoms with Crippen molar-refractivity contribution in [2.45, 2.75) is 31.7 Å². The molecule has 1 heterocycles. The summed E-state index contributed by atoms with van der Waals surface area (Å²) in [6.45, 7) is 2.16. The standard InChI is InChI=1S/C18H22N2O8S/c1-8-13(22)4-14(23)10-6-29-7-12(17(25)27-3)20-16(24)11(19-9(2)21)5-28-18(26)15(8)10/h4,11-12,22-23H,5-7H2,1-3H3,(H,19,21)(H,20,24)/t11-,12+/m1/s1. The van der Waals surface area contributed by atoms with Crippen LogP contribution in [0.4, 0.5) is 0 Å². The molecule has 158 valence electrons. The van der Waals surface area contributed by atoms with E-state index in [-0.39, 0.29) is 39.7 Å². The highest BCUT2D eigenvalue weighted by molar-refractivity contribution is 7.98. The number of benzene rings is 1. The number of nitrogens with one attached hydrogen (secondary N) is 2. The third kappa shape index (κ3) is 5.31. The van der Waals surface area contributed by atoms with Crippen LogP contribution in [0.5, 0.6) is 11.5 Å². The highest BCUT2D eigenvalue weighted by Crippen LogP contribution is 2.35. The van der Waals surface area contributed by atoms with Crippen molar-refractivity contribution in [3.05, 3.63) is 22.8 Å². The van der Waals surface area contributed by atoms with Gasteiger partial charge < -0.3 is 30.3 Å². The molecule has 1 aromatic rings. The lowest BCUT2D eigenvalue weighted by molar-refractivity contribution is -0.144. The molecule has 0 fully saturated rings. The van der Waals surface area contributed by atoms with E-state index in [0.29, 0.717) is 0 Å². The lowest BCUT2D eigenvalue weighted by atomic mass is 10.0. The van der Waals surface area contributed by atoms with E-state index in [9.17, 15) is 29.4 Å². The third-order valence-corrected chi connectivity index (χ3v) is 5.32. The van der Waals surface area contributed by atoms with Gasteiger partial charge in [0.1, 0.15) is 30.2 Å². The second kappa shape index (κ2) is 9.50. The number of phenols is 2. The summed E-state index contributed by atoms with van der Waals surface area (Å²) in [5.74, 6) is -3.22. The molecule has 1 aliphatic rings. The van der Waals surface area contributed by atoms with Gasteiger partial charge in [0, 0.05) is 35.6 Å². The normalized spacial score (nSPS) is 20.2. The molecule has 29 heavy (non-hydrogen) atoms. The lowest BCUT2D eigenvalue weighted by Gasteiger charge is -2.23. The van der Waals surface area contributed by atoms with Gasteiger partial charge in [-0.05, 0) is 6.92 Å². The van der Waals surface area contributed by atoms with Crippen molar-refractivity contribution in [2.24, 2.45) is 0 Å². The van der Waals surface area contributed by atoms with E-state index < -0.39 is 42.4 Å². The van der Waals surface area contributed by atoms with Crippen LogP contribution < -0.4 is 10.6 Å². The molecule has 0 bridgehead atoms. The van der Waals surface area contributed by atoms with Crippen molar-refractivity contribution in [1.82, 2.24) is 10.6 Å². The first kappa shape index (κ1) is 22.3. The molecule has 1 aromatic carbocycles. The van der Waals surface area contributed by atoms with Crippen molar-refractivity contribution < 1.29 is 38.9 Å². The molecule has 2 rings (SSSR count). The number of amides is 2. The molecule has 0 radical (unpaired) electrons. The van der Waals surface area contributed by atoms with Gasteiger partial charge in [-0.2, -0.15) is 11.8 Å². The largest absolute Gasteiger partial charge is 0.508 e. The molecule has 0 saturated carbocycles. The average Bonchev–Trinajstić information content (AvgIpc) is 2.66. The van der Waals surface area contributed by atoms with E-state index in [0.717, 1.165) is 17.8 Å². The Balaban J connectivity index is 2.46. The Bertz CT molecular complexity index is 842. The summed E-state index contributed by atoms with van der Waals surface area (Å²) in [5, 5.41) is 25.0. The fourth-order valence-corrected chi connectivity index (χ4v) is 3.82. The first-order chi connectivity index (χ1) is 13.6. The first-order valence-corrected chi connectivity index (χ1v) is 9.75. The molecule has 0 aromatic heterocycles. The van der Waals surface area contributed by atoms with E-state index in [2.05, 4.69) is 10.6 Å². The van der Waals surface area contributed by atoms with Gasteiger partial charge in [-0.15, -0.1) is 0 Å². The summed E-state index contributed by atoms with van der Waals surface area (Å²) in [4.78, 5) is 48.6. The lowest BCUT2D eigenvalue weighted by Crippen LogP contribution is -2.54. The Labute approximate surface area is 170 Å². The third-order valence-electron chi connectivity index (χ3n) is 4.26. The second-order valence-electron chi connectivity index (χ2n) is 6.34. The Morgan fingerprint density at radius 2 is 2.00 bits per heavy atom. The molecule has 0 saturated heterocycles. The number of esters is 2. The van der Waals surface area contributed by atoms with Gasteiger partial charge in [-0.3, -0.25) is 9.59 Å².